The van der Waals surface area contributed by atoms with Crippen molar-refractivity contribution in [1.29, 1.82) is 0 Å². The number of carbonyl (C=O) groups excluding carboxylic acids is 1. The molecule has 0 spiro atoms. The number of H-pyrrole nitrogens is 1. The fraction of sp³-hybridized carbons (Fsp3) is 0.100. The SMILES string of the molecule is CNC(=O)c1nc(-c2cccs2)[nH]c(=O)c1O. The van der Waals surface area contributed by atoms with Gasteiger partial charge in [-0.25, -0.2) is 4.98 Å². The second kappa shape index (κ2) is 4.38. The van der Waals surface area contributed by atoms with Crippen LogP contribution in [0.1, 0.15) is 10.5 Å². The number of hydrogen-bond donors (Lipinski definition) is 3. The molecule has 2 aromatic heterocycles. The van der Waals surface area contributed by atoms with Crippen LogP contribution in [0.4, 0.5) is 0 Å². The number of amides is 1. The van der Waals surface area contributed by atoms with Crippen LogP contribution in [0.15, 0.2) is 22.3 Å². The molecule has 0 radical (unpaired) electrons. The summed E-state index contributed by atoms with van der Waals surface area (Å²) in [5.41, 5.74) is -1.01. The molecule has 0 bridgehead atoms. The summed E-state index contributed by atoms with van der Waals surface area (Å²) in [6.45, 7) is 0. The van der Waals surface area contributed by atoms with Crippen molar-refractivity contribution >= 4 is 17.2 Å². The maximum Gasteiger partial charge on any atom is 0.294 e. The minimum Gasteiger partial charge on any atom is -0.501 e. The van der Waals surface area contributed by atoms with Crippen LogP contribution in [-0.4, -0.2) is 28.0 Å². The summed E-state index contributed by atoms with van der Waals surface area (Å²) in [5.74, 6) is -1.02. The first-order chi connectivity index (χ1) is 8.13. The summed E-state index contributed by atoms with van der Waals surface area (Å²) >= 11 is 1.37. The molecule has 2 aromatic rings. The van der Waals surface area contributed by atoms with Gasteiger partial charge in [0.2, 0.25) is 5.75 Å². The number of nitrogens with one attached hydrogen (secondary N) is 2. The number of carbonyl (C=O) groups is 1. The molecule has 3 N–H and O–H groups in total. The Labute approximate surface area is 100.0 Å². The van der Waals surface area contributed by atoms with E-state index in [0.29, 0.717) is 4.88 Å². The molecule has 0 aliphatic rings. The minimum atomic E-state index is -0.734. The summed E-state index contributed by atoms with van der Waals surface area (Å²) in [6.07, 6.45) is 0. The van der Waals surface area contributed by atoms with Crippen LogP contribution in [0.2, 0.25) is 0 Å². The topological polar surface area (TPSA) is 95.1 Å². The zero-order chi connectivity index (χ0) is 12.4. The summed E-state index contributed by atoms with van der Waals surface area (Å²) in [6, 6.07) is 3.56. The first kappa shape index (κ1) is 11.3. The third kappa shape index (κ3) is 2.04. The second-order valence-corrected chi connectivity index (χ2v) is 4.12. The van der Waals surface area contributed by atoms with Gasteiger partial charge in [0, 0.05) is 7.05 Å². The molecule has 0 saturated carbocycles. The molecule has 0 fully saturated rings. The molecule has 2 heterocycles. The van der Waals surface area contributed by atoms with E-state index < -0.39 is 17.2 Å². The van der Waals surface area contributed by atoms with Crippen molar-refractivity contribution in [2.45, 2.75) is 0 Å². The van der Waals surface area contributed by atoms with Gasteiger partial charge in [-0.1, -0.05) is 6.07 Å². The average Bonchev–Trinajstić information content (AvgIpc) is 2.85. The zero-order valence-electron chi connectivity index (χ0n) is 8.85. The summed E-state index contributed by atoms with van der Waals surface area (Å²) in [7, 11) is 1.40. The van der Waals surface area contributed by atoms with Crippen LogP contribution in [0.25, 0.3) is 10.7 Å². The molecule has 7 heteroatoms. The van der Waals surface area contributed by atoms with Crippen LogP contribution in [-0.2, 0) is 0 Å². The Bertz CT molecular complexity index is 604. The fourth-order valence-corrected chi connectivity index (χ4v) is 1.94. The maximum atomic E-state index is 11.5. The molecular weight excluding hydrogens is 242 g/mol. The van der Waals surface area contributed by atoms with E-state index in [1.54, 1.807) is 12.1 Å². The van der Waals surface area contributed by atoms with E-state index in [1.807, 2.05) is 5.38 Å². The van der Waals surface area contributed by atoms with Gasteiger partial charge in [-0.05, 0) is 11.4 Å². The van der Waals surface area contributed by atoms with Gasteiger partial charge < -0.3 is 15.4 Å². The minimum absolute atomic E-state index is 0.265. The van der Waals surface area contributed by atoms with Gasteiger partial charge in [-0.2, -0.15) is 0 Å². The van der Waals surface area contributed by atoms with E-state index in [1.165, 1.54) is 18.4 Å². The van der Waals surface area contributed by atoms with E-state index in [0.717, 1.165) is 0 Å². The Hall–Kier alpha value is -2.15. The molecule has 88 valence electrons. The van der Waals surface area contributed by atoms with Crippen molar-refractivity contribution < 1.29 is 9.90 Å². The normalized spacial score (nSPS) is 10.2. The Morgan fingerprint density at radius 3 is 2.94 bits per heavy atom. The Morgan fingerprint density at radius 2 is 2.35 bits per heavy atom. The van der Waals surface area contributed by atoms with Gasteiger partial charge >= 0.3 is 0 Å². The highest BCUT2D eigenvalue weighted by Gasteiger charge is 2.17. The number of aromatic amines is 1. The second-order valence-electron chi connectivity index (χ2n) is 3.17. The molecule has 0 aliphatic heterocycles. The first-order valence-corrected chi connectivity index (χ1v) is 5.60. The lowest BCUT2D eigenvalue weighted by atomic mass is 10.3. The third-order valence-corrected chi connectivity index (χ3v) is 2.97. The summed E-state index contributed by atoms with van der Waals surface area (Å²) in [5, 5.41) is 13.6. The molecule has 0 aromatic carbocycles. The van der Waals surface area contributed by atoms with Crippen molar-refractivity contribution in [2.75, 3.05) is 7.05 Å². The van der Waals surface area contributed by atoms with Gasteiger partial charge in [0.15, 0.2) is 11.5 Å². The fourth-order valence-electron chi connectivity index (χ4n) is 1.27. The van der Waals surface area contributed by atoms with E-state index >= 15 is 0 Å². The predicted molar refractivity (Wildman–Crippen MR) is 63.2 cm³/mol. The molecule has 17 heavy (non-hydrogen) atoms. The largest absolute Gasteiger partial charge is 0.501 e. The molecule has 0 atom stereocenters. The highest BCUT2D eigenvalue weighted by atomic mass is 32.1. The molecule has 6 nitrogen and oxygen atoms in total. The summed E-state index contributed by atoms with van der Waals surface area (Å²) in [4.78, 5) is 29.9. The molecule has 2 rings (SSSR count). The molecule has 0 aliphatic carbocycles. The van der Waals surface area contributed by atoms with Crippen LogP contribution < -0.4 is 10.9 Å². The Balaban J connectivity index is 2.62. The van der Waals surface area contributed by atoms with Crippen LogP contribution >= 0.6 is 11.3 Å². The van der Waals surface area contributed by atoms with Crippen molar-refractivity contribution in [2.24, 2.45) is 0 Å². The number of nitrogens with zero attached hydrogens (tertiary/aromatic N) is 1. The Kier molecular flexibility index (Phi) is 2.92. The van der Waals surface area contributed by atoms with Crippen molar-refractivity contribution in [3.05, 3.63) is 33.6 Å². The lowest BCUT2D eigenvalue weighted by Gasteiger charge is -2.03. The quantitative estimate of drug-likeness (QED) is 0.727. The van der Waals surface area contributed by atoms with Crippen molar-refractivity contribution in [1.82, 2.24) is 15.3 Å². The van der Waals surface area contributed by atoms with Gasteiger partial charge in [0.25, 0.3) is 11.5 Å². The smallest absolute Gasteiger partial charge is 0.294 e. The number of aromatic hydroxyl groups is 1. The third-order valence-electron chi connectivity index (χ3n) is 2.09. The van der Waals surface area contributed by atoms with Crippen molar-refractivity contribution in [3.63, 3.8) is 0 Å². The maximum absolute atomic E-state index is 11.5. The lowest BCUT2D eigenvalue weighted by molar-refractivity contribution is 0.0955. The summed E-state index contributed by atoms with van der Waals surface area (Å²) < 4.78 is 0. The number of hydrogen-bond acceptors (Lipinski definition) is 5. The standard InChI is InChI=1S/C10H9N3O3S/c1-11-9(15)6-7(14)10(16)13-8(12-6)5-3-2-4-17-5/h2-4,14H,1H3,(H,11,15)(H,12,13,16). The van der Waals surface area contributed by atoms with Crippen LogP contribution in [0, 0.1) is 0 Å². The van der Waals surface area contributed by atoms with Gasteiger partial charge in [0.1, 0.15) is 0 Å². The van der Waals surface area contributed by atoms with Gasteiger partial charge in [0.05, 0.1) is 4.88 Å². The predicted octanol–water partition coefficient (Wildman–Crippen LogP) is 0.564. The first-order valence-electron chi connectivity index (χ1n) is 4.72. The molecular formula is C10H9N3O3S. The Morgan fingerprint density at radius 1 is 1.59 bits per heavy atom. The zero-order valence-corrected chi connectivity index (χ0v) is 9.67. The van der Waals surface area contributed by atoms with E-state index in [2.05, 4.69) is 15.3 Å². The molecule has 1 amide bonds. The average molecular weight is 251 g/mol. The molecule has 0 unspecified atom stereocenters. The van der Waals surface area contributed by atoms with Crippen LogP contribution in [0.5, 0.6) is 5.75 Å². The van der Waals surface area contributed by atoms with E-state index in [4.69, 9.17) is 0 Å². The van der Waals surface area contributed by atoms with Crippen molar-refractivity contribution in [3.8, 4) is 16.5 Å². The molecule has 0 saturated heterocycles. The number of thiophene rings is 1. The lowest BCUT2D eigenvalue weighted by Crippen LogP contribution is -2.23. The number of aromatic nitrogens is 2. The van der Waals surface area contributed by atoms with Gasteiger partial charge in [-0.15, -0.1) is 11.3 Å². The monoisotopic (exact) mass is 251 g/mol. The number of rotatable bonds is 2. The van der Waals surface area contributed by atoms with Crippen LogP contribution in [0.3, 0.4) is 0 Å². The van der Waals surface area contributed by atoms with E-state index in [-0.39, 0.29) is 11.5 Å². The highest BCUT2D eigenvalue weighted by molar-refractivity contribution is 7.13. The highest BCUT2D eigenvalue weighted by Crippen LogP contribution is 2.21. The van der Waals surface area contributed by atoms with Gasteiger partial charge in [-0.3, -0.25) is 9.59 Å². The van der Waals surface area contributed by atoms with E-state index in [9.17, 15) is 14.7 Å².